The van der Waals surface area contributed by atoms with Gasteiger partial charge < -0.3 is 11.1 Å². The molecule has 0 amide bonds. The van der Waals surface area contributed by atoms with Gasteiger partial charge in [-0.05, 0) is 18.5 Å². The van der Waals surface area contributed by atoms with Crippen molar-refractivity contribution in [3.8, 4) is 0 Å². The molecule has 4 nitrogen and oxygen atoms in total. The number of aryl methyl sites for hydroxylation is 1. The zero-order chi connectivity index (χ0) is 9.97. The average Bonchev–Trinajstić information content (AvgIpc) is 2.72. The number of anilines is 2. The number of hydrogen-bond acceptors (Lipinski definition) is 6. The molecule has 0 radical (unpaired) electrons. The largest absolute Gasteiger partial charge is 0.383 e. The van der Waals surface area contributed by atoms with Crippen LogP contribution in [0.15, 0.2) is 11.4 Å². The van der Waals surface area contributed by atoms with Crippen molar-refractivity contribution in [1.29, 1.82) is 0 Å². The number of rotatable bonds is 3. The molecule has 0 saturated carbocycles. The Hall–Kier alpha value is -1.14. The molecule has 74 valence electrons. The Morgan fingerprint density at radius 3 is 3.00 bits per heavy atom. The minimum absolute atomic E-state index is 0.563. The number of nitrogens with zero attached hydrogens (tertiary/aromatic N) is 2. The molecule has 0 aromatic carbocycles. The maximum absolute atomic E-state index is 5.50. The van der Waals surface area contributed by atoms with E-state index in [-0.39, 0.29) is 0 Å². The smallest absolute Gasteiger partial charge is 0.139 e. The van der Waals surface area contributed by atoms with Crippen LogP contribution in [0.25, 0.3) is 0 Å². The van der Waals surface area contributed by atoms with Gasteiger partial charge in [-0.25, -0.2) is 4.98 Å². The minimum atomic E-state index is 0.563. The first-order valence-electron chi connectivity index (χ1n) is 4.11. The van der Waals surface area contributed by atoms with E-state index in [1.165, 1.54) is 11.5 Å². The molecular weight excluding hydrogens is 216 g/mol. The van der Waals surface area contributed by atoms with Crippen LogP contribution in [0.4, 0.5) is 10.8 Å². The van der Waals surface area contributed by atoms with Crippen LogP contribution >= 0.6 is 22.9 Å². The molecule has 2 rings (SSSR count). The van der Waals surface area contributed by atoms with Gasteiger partial charge in [0, 0.05) is 17.1 Å². The van der Waals surface area contributed by atoms with Gasteiger partial charge in [0.2, 0.25) is 0 Å². The summed E-state index contributed by atoms with van der Waals surface area (Å²) in [7, 11) is 0. The van der Waals surface area contributed by atoms with E-state index in [2.05, 4.69) is 14.7 Å². The molecule has 0 spiro atoms. The average molecular weight is 226 g/mol. The maximum atomic E-state index is 5.50. The van der Waals surface area contributed by atoms with E-state index in [0.717, 1.165) is 22.2 Å². The number of hydrogen-bond donors (Lipinski definition) is 2. The van der Waals surface area contributed by atoms with Crippen LogP contribution in [0.5, 0.6) is 0 Å². The van der Waals surface area contributed by atoms with Crippen molar-refractivity contribution in [1.82, 2.24) is 9.36 Å². The molecule has 2 aromatic heterocycles. The highest BCUT2D eigenvalue weighted by Crippen LogP contribution is 2.19. The summed E-state index contributed by atoms with van der Waals surface area (Å²) in [6.07, 6.45) is 0. The molecule has 0 saturated heterocycles. The zero-order valence-corrected chi connectivity index (χ0v) is 9.28. The van der Waals surface area contributed by atoms with E-state index in [0.29, 0.717) is 5.82 Å². The monoisotopic (exact) mass is 226 g/mol. The van der Waals surface area contributed by atoms with Crippen LogP contribution in [-0.2, 0) is 6.54 Å². The second-order valence-electron chi connectivity index (χ2n) is 2.85. The van der Waals surface area contributed by atoms with Crippen LogP contribution in [0.1, 0.15) is 10.7 Å². The Kier molecular flexibility index (Phi) is 2.64. The summed E-state index contributed by atoms with van der Waals surface area (Å²) in [5.74, 6) is 0.563. The Morgan fingerprint density at radius 2 is 2.43 bits per heavy atom. The predicted octanol–water partition coefficient (Wildman–Crippen LogP) is 2.10. The molecule has 3 N–H and O–H groups in total. The molecule has 0 aliphatic carbocycles. The first-order valence-corrected chi connectivity index (χ1v) is 5.76. The van der Waals surface area contributed by atoms with E-state index < -0.39 is 0 Å². The molecule has 14 heavy (non-hydrogen) atoms. The first-order chi connectivity index (χ1) is 6.74. The highest BCUT2D eigenvalue weighted by Gasteiger charge is 2.00. The van der Waals surface area contributed by atoms with Gasteiger partial charge in [0.1, 0.15) is 15.8 Å². The lowest BCUT2D eigenvalue weighted by molar-refractivity contribution is 1.08. The lowest BCUT2D eigenvalue weighted by atomic mass is 10.5. The van der Waals surface area contributed by atoms with Crippen molar-refractivity contribution in [3.05, 3.63) is 22.1 Å². The van der Waals surface area contributed by atoms with E-state index in [9.17, 15) is 0 Å². The second-order valence-corrected chi connectivity index (χ2v) is 4.60. The molecule has 0 bridgehead atoms. The Bertz CT molecular complexity index is 380. The first kappa shape index (κ1) is 9.42. The zero-order valence-electron chi connectivity index (χ0n) is 7.65. The third-order valence-electron chi connectivity index (χ3n) is 1.61. The lowest BCUT2D eigenvalue weighted by Gasteiger charge is -1.97. The van der Waals surface area contributed by atoms with Crippen LogP contribution in [0.3, 0.4) is 0 Å². The van der Waals surface area contributed by atoms with Crippen molar-refractivity contribution in [2.45, 2.75) is 13.5 Å². The van der Waals surface area contributed by atoms with Crippen molar-refractivity contribution in [2.75, 3.05) is 11.1 Å². The quantitative estimate of drug-likeness (QED) is 0.841. The SMILES string of the molecule is Cc1csc(CNc2cc(N)ns2)n1. The Balaban J connectivity index is 1.94. The van der Waals surface area contributed by atoms with E-state index in [1.54, 1.807) is 11.3 Å². The fourth-order valence-corrected chi connectivity index (χ4v) is 2.30. The molecular formula is C8H10N4S2. The van der Waals surface area contributed by atoms with Gasteiger partial charge in [0.25, 0.3) is 0 Å². The van der Waals surface area contributed by atoms with Gasteiger partial charge in [-0.1, -0.05) is 0 Å². The third kappa shape index (κ3) is 2.21. The van der Waals surface area contributed by atoms with Gasteiger partial charge >= 0.3 is 0 Å². The van der Waals surface area contributed by atoms with Gasteiger partial charge in [-0.15, -0.1) is 11.3 Å². The molecule has 0 aliphatic rings. The summed E-state index contributed by atoms with van der Waals surface area (Å²) in [4.78, 5) is 4.34. The summed E-state index contributed by atoms with van der Waals surface area (Å²) in [6.45, 7) is 2.73. The van der Waals surface area contributed by atoms with Crippen molar-refractivity contribution in [2.24, 2.45) is 0 Å². The molecule has 2 heterocycles. The number of nitrogens with one attached hydrogen (secondary N) is 1. The summed E-state index contributed by atoms with van der Waals surface area (Å²) in [6, 6.07) is 1.82. The normalized spacial score (nSPS) is 10.4. The van der Waals surface area contributed by atoms with Crippen molar-refractivity contribution in [3.63, 3.8) is 0 Å². The highest BCUT2D eigenvalue weighted by atomic mass is 32.1. The number of nitrogens with two attached hydrogens (primary N) is 1. The molecule has 0 aliphatic heterocycles. The van der Waals surface area contributed by atoms with E-state index in [4.69, 9.17) is 5.73 Å². The van der Waals surface area contributed by atoms with Gasteiger partial charge in [-0.3, -0.25) is 0 Å². The lowest BCUT2D eigenvalue weighted by Crippen LogP contribution is -1.96. The number of aromatic nitrogens is 2. The third-order valence-corrected chi connectivity index (χ3v) is 3.34. The van der Waals surface area contributed by atoms with Crippen LogP contribution < -0.4 is 11.1 Å². The molecule has 0 unspecified atom stereocenters. The Labute approximate surface area is 90.0 Å². The molecule has 0 atom stereocenters. The number of thiazole rings is 1. The summed E-state index contributed by atoms with van der Waals surface area (Å²) in [5, 5.41) is 7.32. The fraction of sp³-hybridized carbons (Fsp3) is 0.250. The summed E-state index contributed by atoms with van der Waals surface area (Å²) < 4.78 is 3.97. The van der Waals surface area contributed by atoms with E-state index >= 15 is 0 Å². The van der Waals surface area contributed by atoms with Gasteiger partial charge in [0.05, 0.1) is 6.54 Å². The van der Waals surface area contributed by atoms with Crippen LogP contribution in [0.2, 0.25) is 0 Å². The predicted molar refractivity (Wildman–Crippen MR) is 60.7 cm³/mol. The standard InChI is InChI=1S/C8H10N4S2/c1-5-4-13-8(11-5)3-10-7-2-6(9)12-14-7/h2,4,10H,3H2,1H3,(H2,9,12). The Morgan fingerprint density at radius 1 is 1.57 bits per heavy atom. The van der Waals surface area contributed by atoms with Gasteiger partial charge in [0.15, 0.2) is 0 Å². The minimum Gasteiger partial charge on any atom is -0.383 e. The second kappa shape index (κ2) is 3.93. The molecule has 6 heteroatoms. The van der Waals surface area contributed by atoms with Crippen LogP contribution in [0, 0.1) is 6.92 Å². The maximum Gasteiger partial charge on any atom is 0.139 e. The van der Waals surface area contributed by atoms with Crippen molar-refractivity contribution < 1.29 is 0 Å². The number of nitrogen functional groups attached to an aromatic ring is 1. The van der Waals surface area contributed by atoms with Gasteiger partial charge in [-0.2, -0.15) is 4.37 Å². The van der Waals surface area contributed by atoms with E-state index in [1.807, 2.05) is 18.4 Å². The molecule has 2 aromatic rings. The topological polar surface area (TPSA) is 63.8 Å². The highest BCUT2D eigenvalue weighted by molar-refractivity contribution is 7.10. The summed E-state index contributed by atoms with van der Waals surface area (Å²) >= 11 is 3.02. The van der Waals surface area contributed by atoms with Crippen LogP contribution in [-0.4, -0.2) is 9.36 Å². The molecule has 0 fully saturated rings. The summed E-state index contributed by atoms with van der Waals surface area (Å²) in [5.41, 5.74) is 6.56. The fourth-order valence-electron chi connectivity index (χ4n) is 1.02. The van der Waals surface area contributed by atoms with Crippen molar-refractivity contribution >= 4 is 33.7 Å².